The predicted molar refractivity (Wildman–Crippen MR) is 114 cm³/mol. The molecule has 0 atom stereocenters. The third-order valence-corrected chi connectivity index (χ3v) is 5.21. The summed E-state index contributed by atoms with van der Waals surface area (Å²) < 4.78 is 11.7. The fraction of sp³-hybridized carbons (Fsp3) is 0.273. The largest absolute Gasteiger partial charge is 0.494 e. The van der Waals surface area contributed by atoms with E-state index in [1.807, 2.05) is 0 Å². The predicted octanol–water partition coefficient (Wildman–Crippen LogP) is 3.98. The number of aromatic nitrogens is 2. The van der Waals surface area contributed by atoms with Gasteiger partial charge in [0.2, 0.25) is 5.12 Å². The monoisotopic (exact) mass is 426 g/mol. The Morgan fingerprint density at radius 3 is 2.60 bits per heavy atom. The molecule has 0 saturated heterocycles. The SMILES string of the molecule is CCCCOc1ccc(C(=O)Sc2cccn3c(=O)c(C(=O)OCC)cnc23)cc1. The second-order valence-electron chi connectivity index (χ2n) is 6.38. The summed E-state index contributed by atoms with van der Waals surface area (Å²) in [6.07, 6.45) is 4.72. The van der Waals surface area contributed by atoms with Crippen LogP contribution in [0.25, 0.3) is 5.65 Å². The number of fused-ring (bicyclic) bond motifs is 1. The molecule has 0 saturated carbocycles. The number of hydrogen-bond acceptors (Lipinski definition) is 7. The van der Waals surface area contributed by atoms with E-state index < -0.39 is 11.5 Å². The van der Waals surface area contributed by atoms with Crippen molar-refractivity contribution < 1.29 is 19.1 Å². The number of ether oxygens (including phenoxy) is 2. The number of carbonyl (C=O) groups is 2. The van der Waals surface area contributed by atoms with Crippen LogP contribution in [0.15, 0.2) is 58.5 Å². The first-order valence-electron chi connectivity index (χ1n) is 9.67. The van der Waals surface area contributed by atoms with E-state index in [9.17, 15) is 14.4 Å². The number of hydrogen-bond donors (Lipinski definition) is 0. The second-order valence-corrected chi connectivity index (χ2v) is 7.39. The molecule has 0 aliphatic carbocycles. The number of unbranched alkanes of at least 4 members (excludes halogenated alkanes) is 1. The Hall–Kier alpha value is -3.13. The lowest BCUT2D eigenvalue weighted by Crippen LogP contribution is -2.24. The first kappa shape index (κ1) is 21.6. The maximum absolute atomic E-state index is 12.7. The van der Waals surface area contributed by atoms with Crippen molar-refractivity contribution in [2.24, 2.45) is 0 Å². The van der Waals surface area contributed by atoms with E-state index in [1.54, 1.807) is 43.3 Å². The summed E-state index contributed by atoms with van der Waals surface area (Å²) in [5.74, 6) is -0.00495. The minimum Gasteiger partial charge on any atom is -0.494 e. The summed E-state index contributed by atoms with van der Waals surface area (Å²) >= 11 is 0.969. The van der Waals surface area contributed by atoms with E-state index in [0.29, 0.717) is 22.7 Å². The Labute approximate surface area is 178 Å². The molecule has 0 N–H and O–H groups in total. The normalized spacial score (nSPS) is 10.7. The topological polar surface area (TPSA) is 87.0 Å². The average Bonchev–Trinajstić information content (AvgIpc) is 2.75. The quantitative estimate of drug-likeness (QED) is 0.306. The first-order chi connectivity index (χ1) is 14.5. The van der Waals surface area contributed by atoms with Crippen molar-refractivity contribution in [2.45, 2.75) is 31.6 Å². The van der Waals surface area contributed by atoms with Gasteiger partial charge in [0.25, 0.3) is 5.56 Å². The molecule has 0 aliphatic heterocycles. The molecule has 156 valence electrons. The third-order valence-electron chi connectivity index (χ3n) is 4.25. The molecule has 0 unspecified atom stereocenters. The molecule has 0 radical (unpaired) electrons. The van der Waals surface area contributed by atoms with Crippen molar-refractivity contribution in [1.82, 2.24) is 9.38 Å². The summed E-state index contributed by atoms with van der Waals surface area (Å²) in [6, 6.07) is 10.3. The van der Waals surface area contributed by atoms with Crippen LogP contribution in [0, 0.1) is 0 Å². The Bertz CT molecular complexity index is 1110. The highest BCUT2D eigenvalue weighted by Gasteiger charge is 2.17. The molecule has 0 bridgehead atoms. The summed E-state index contributed by atoms with van der Waals surface area (Å²) in [5.41, 5.74) is 0.118. The van der Waals surface area contributed by atoms with Crippen LogP contribution in [0.5, 0.6) is 5.75 Å². The van der Waals surface area contributed by atoms with Crippen LogP contribution in [0.2, 0.25) is 0 Å². The number of benzene rings is 1. The van der Waals surface area contributed by atoms with E-state index in [1.165, 1.54) is 16.8 Å². The van der Waals surface area contributed by atoms with Gasteiger partial charge < -0.3 is 9.47 Å². The van der Waals surface area contributed by atoms with Gasteiger partial charge in [0.1, 0.15) is 11.3 Å². The van der Waals surface area contributed by atoms with Gasteiger partial charge in [-0.1, -0.05) is 13.3 Å². The summed E-state index contributed by atoms with van der Waals surface area (Å²) in [5, 5.41) is -0.188. The molecule has 2 heterocycles. The van der Waals surface area contributed by atoms with Gasteiger partial charge in [-0.05, 0) is 61.5 Å². The lowest BCUT2D eigenvalue weighted by atomic mass is 10.2. The standard InChI is InChI=1S/C22H22N2O5S/c1-3-5-13-29-16-10-8-15(9-11-16)22(27)30-18-7-6-12-24-19(18)23-14-17(20(24)25)21(26)28-4-2/h6-12,14H,3-5,13H2,1-2H3. The molecule has 30 heavy (non-hydrogen) atoms. The van der Waals surface area contributed by atoms with E-state index in [-0.39, 0.29) is 17.3 Å². The highest BCUT2D eigenvalue weighted by molar-refractivity contribution is 8.14. The molecular weight excluding hydrogens is 404 g/mol. The zero-order valence-corrected chi connectivity index (χ0v) is 17.6. The maximum atomic E-state index is 12.7. The maximum Gasteiger partial charge on any atom is 0.345 e. The fourth-order valence-corrected chi connectivity index (χ4v) is 3.53. The first-order valence-corrected chi connectivity index (χ1v) is 10.5. The van der Waals surface area contributed by atoms with Gasteiger partial charge in [-0.2, -0.15) is 0 Å². The van der Waals surface area contributed by atoms with E-state index in [2.05, 4.69) is 11.9 Å². The Balaban J connectivity index is 1.82. The van der Waals surface area contributed by atoms with Crippen molar-refractivity contribution in [2.75, 3.05) is 13.2 Å². The van der Waals surface area contributed by atoms with Gasteiger partial charge >= 0.3 is 5.97 Å². The minimum atomic E-state index is -0.722. The highest BCUT2D eigenvalue weighted by atomic mass is 32.2. The molecular formula is C22H22N2O5S. The van der Waals surface area contributed by atoms with Crippen LogP contribution in [0.3, 0.4) is 0 Å². The van der Waals surface area contributed by atoms with Gasteiger partial charge in [-0.25, -0.2) is 9.78 Å². The van der Waals surface area contributed by atoms with Crippen molar-refractivity contribution in [1.29, 1.82) is 0 Å². The Morgan fingerprint density at radius 2 is 1.90 bits per heavy atom. The lowest BCUT2D eigenvalue weighted by molar-refractivity contribution is 0.0523. The molecule has 7 nitrogen and oxygen atoms in total. The zero-order valence-electron chi connectivity index (χ0n) is 16.8. The van der Waals surface area contributed by atoms with Crippen LogP contribution in [-0.2, 0) is 4.74 Å². The molecule has 0 spiro atoms. The number of thioether (sulfide) groups is 1. The van der Waals surface area contributed by atoms with Crippen molar-refractivity contribution in [3.8, 4) is 5.75 Å². The van der Waals surface area contributed by atoms with Crippen LogP contribution in [-0.4, -0.2) is 33.7 Å². The van der Waals surface area contributed by atoms with E-state index in [4.69, 9.17) is 9.47 Å². The van der Waals surface area contributed by atoms with Gasteiger partial charge in [0.15, 0.2) is 5.65 Å². The van der Waals surface area contributed by atoms with Crippen LogP contribution in [0.1, 0.15) is 47.4 Å². The van der Waals surface area contributed by atoms with Gasteiger partial charge in [-0.3, -0.25) is 14.0 Å². The van der Waals surface area contributed by atoms with Gasteiger partial charge in [-0.15, -0.1) is 0 Å². The van der Waals surface area contributed by atoms with Crippen LogP contribution in [0.4, 0.5) is 0 Å². The molecule has 0 fully saturated rings. The highest BCUT2D eigenvalue weighted by Crippen LogP contribution is 2.26. The van der Waals surface area contributed by atoms with Crippen molar-refractivity contribution in [3.05, 3.63) is 70.3 Å². The third kappa shape index (κ3) is 4.88. The number of pyridine rings is 1. The van der Waals surface area contributed by atoms with Crippen molar-refractivity contribution >= 4 is 28.5 Å². The Morgan fingerprint density at radius 1 is 1.13 bits per heavy atom. The van der Waals surface area contributed by atoms with E-state index >= 15 is 0 Å². The van der Waals surface area contributed by atoms with E-state index in [0.717, 1.165) is 30.4 Å². The number of rotatable bonds is 8. The second kappa shape index (κ2) is 10.1. The van der Waals surface area contributed by atoms with Crippen molar-refractivity contribution in [3.63, 3.8) is 0 Å². The van der Waals surface area contributed by atoms with Crippen LogP contribution < -0.4 is 10.3 Å². The molecule has 3 aromatic rings. The molecule has 0 amide bonds. The number of esters is 1. The minimum absolute atomic E-state index is 0.151. The molecule has 2 aromatic heterocycles. The Kier molecular flexibility index (Phi) is 7.24. The van der Waals surface area contributed by atoms with Gasteiger partial charge in [0, 0.05) is 18.0 Å². The smallest absolute Gasteiger partial charge is 0.345 e. The molecule has 8 heteroatoms. The lowest BCUT2D eigenvalue weighted by Gasteiger charge is -2.08. The summed E-state index contributed by atoms with van der Waals surface area (Å²) in [6.45, 7) is 4.56. The van der Waals surface area contributed by atoms with Gasteiger partial charge in [0.05, 0.1) is 18.1 Å². The average molecular weight is 426 g/mol. The molecule has 1 aromatic carbocycles. The summed E-state index contributed by atoms with van der Waals surface area (Å²) in [7, 11) is 0. The zero-order chi connectivity index (χ0) is 21.5. The molecule has 3 rings (SSSR count). The van der Waals surface area contributed by atoms with Crippen LogP contribution >= 0.6 is 11.8 Å². The fourth-order valence-electron chi connectivity index (χ4n) is 2.69. The summed E-state index contributed by atoms with van der Waals surface area (Å²) in [4.78, 5) is 42.0. The number of carbonyl (C=O) groups excluding carboxylic acids is 2. The number of nitrogens with zero attached hydrogens (tertiary/aromatic N) is 2. The molecule has 0 aliphatic rings.